The fourth-order valence-electron chi connectivity index (χ4n) is 5.15. The Labute approximate surface area is 163 Å². The number of nitrogens with zero attached hydrogens (tertiary/aromatic N) is 2. The van der Waals surface area contributed by atoms with Crippen molar-refractivity contribution in [3.8, 4) is 5.88 Å². The lowest BCUT2D eigenvalue weighted by Gasteiger charge is -2.46. The van der Waals surface area contributed by atoms with Crippen LogP contribution in [0.1, 0.15) is 35.5 Å². The summed E-state index contributed by atoms with van der Waals surface area (Å²) in [6.07, 6.45) is 1.60. The summed E-state index contributed by atoms with van der Waals surface area (Å²) in [6, 6.07) is 9.65. The number of aromatic nitrogens is 1. The first-order chi connectivity index (χ1) is 13.6. The van der Waals surface area contributed by atoms with Crippen molar-refractivity contribution >= 4 is 0 Å². The maximum absolute atomic E-state index is 11.4. The van der Waals surface area contributed by atoms with Crippen molar-refractivity contribution < 1.29 is 24.2 Å². The van der Waals surface area contributed by atoms with Crippen molar-refractivity contribution in [3.05, 3.63) is 58.9 Å². The van der Waals surface area contributed by atoms with E-state index in [-0.39, 0.29) is 30.6 Å². The Hall–Kier alpha value is -2.19. The number of rotatable bonds is 5. The van der Waals surface area contributed by atoms with Crippen molar-refractivity contribution in [2.24, 2.45) is 5.92 Å². The highest BCUT2D eigenvalue weighted by Gasteiger charge is 2.66. The van der Waals surface area contributed by atoms with Gasteiger partial charge in [0.2, 0.25) is 0 Å². The van der Waals surface area contributed by atoms with E-state index in [4.69, 9.17) is 14.0 Å². The first kappa shape index (κ1) is 17.9. The summed E-state index contributed by atoms with van der Waals surface area (Å²) in [4.78, 5) is 2.06. The van der Waals surface area contributed by atoms with Crippen LogP contribution in [0.15, 0.2) is 46.5 Å². The second kappa shape index (κ2) is 6.42. The molecular weight excluding hydrogens is 360 g/mol. The van der Waals surface area contributed by atoms with Crippen molar-refractivity contribution in [1.29, 1.82) is 0 Å². The van der Waals surface area contributed by atoms with E-state index in [9.17, 15) is 10.2 Å². The number of fused-ring (bicyclic) bond motifs is 2. The largest absolute Gasteiger partial charge is 0.470 e. The quantitative estimate of drug-likeness (QED) is 0.762. The number of hydrogen-bond acceptors (Lipinski definition) is 7. The highest BCUT2D eigenvalue weighted by atomic mass is 16.6. The van der Waals surface area contributed by atoms with Crippen molar-refractivity contribution in [2.45, 2.75) is 36.9 Å². The molecule has 2 bridgehead atoms. The molecule has 1 spiro atoms. The Morgan fingerprint density at radius 3 is 2.79 bits per heavy atom. The summed E-state index contributed by atoms with van der Waals surface area (Å²) in [5, 5.41) is 25.5. The minimum atomic E-state index is -1.01. The van der Waals surface area contributed by atoms with E-state index in [1.807, 2.05) is 50.5 Å². The van der Waals surface area contributed by atoms with Crippen LogP contribution in [0.5, 0.6) is 5.88 Å². The average molecular weight is 384 g/mol. The van der Waals surface area contributed by atoms with Crippen LogP contribution in [0.3, 0.4) is 0 Å². The van der Waals surface area contributed by atoms with E-state index in [1.165, 1.54) is 0 Å². The molecule has 3 aliphatic rings. The van der Waals surface area contributed by atoms with Gasteiger partial charge in [0.25, 0.3) is 5.88 Å². The van der Waals surface area contributed by atoms with Crippen LogP contribution in [0.25, 0.3) is 0 Å². The first-order valence-electron chi connectivity index (χ1n) is 9.56. The van der Waals surface area contributed by atoms with Crippen LogP contribution >= 0.6 is 0 Å². The molecular formula is C21H24N2O5. The van der Waals surface area contributed by atoms with E-state index in [2.05, 4.69) is 10.1 Å². The van der Waals surface area contributed by atoms with Crippen LogP contribution in [-0.2, 0) is 11.3 Å². The molecule has 1 aromatic heterocycles. The zero-order chi connectivity index (χ0) is 19.5. The Bertz CT molecular complexity index is 909. The van der Waals surface area contributed by atoms with Crippen molar-refractivity contribution in [3.63, 3.8) is 0 Å². The smallest absolute Gasteiger partial charge is 0.260 e. The lowest BCUT2D eigenvalue weighted by atomic mass is 9.64. The van der Waals surface area contributed by atoms with Crippen LogP contribution in [0.2, 0.25) is 0 Å². The third-order valence-electron chi connectivity index (χ3n) is 6.27. The monoisotopic (exact) mass is 384 g/mol. The van der Waals surface area contributed by atoms with E-state index >= 15 is 0 Å². The number of ether oxygens (including phenoxy) is 2. The van der Waals surface area contributed by atoms with Gasteiger partial charge in [0, 0.05) is 5.92 Å². The molecule has 0 amide bonds. The second-order valence-corrected chi connectivity index (χ2v) is 7.99. The normalized spacial score (nSPS) is 33.0. The minimum absolute atomic E-state index is 0.0305. The van der Waals surface area contributed by atoms with Gasteiger partial charge in [0.1, 0.15) is 18.3 Å². The Kier molecular flexibility index (Phi) is 4.10. The van der Waals surface area contributed by atoms with Gasteiger partial charge in [-0.25, -0.2) is 0 Å². The SMILES string of the molecule is CN(C)[C@@H]1c2onc(OCc3ccccc3)c2[C@H](O)[C@]23O[C@H](C=C2CO)C[C@@H]13. The maximum atomic E-state index is 11.4. The summed E-state index contributed by atoms with van der Waals surface area (Å²) in [6.45, 7) is 0.173. The predicted octanol–water partition coefficient (Wildman–Crippen LogP) is 1.98. The predicted molar refractivity (Wildman–Crippen MR) is 99.5 cm³/mol. The fraction of sp³-hybridized carbons (Fsp3) is 0.476. The lowest BCUT2D eigenvalue weighted by molar-refractivity contribution is -0.116. The Balaban J connectivity index is 1.56. The molecule has 7 heteroatoms. The first-order valence-corrected chi connectivity index (χ1v) is 9.56. The van der Waals surface area contributed by atoms with E-state index in [0.29, 0.717) is 17.9 Å². The number of benzene rings is 1. The maximum Gasteiger partial charge on any atom is 0.260 e. The molecule has 2 aliphatic heterocycles. The molecule has 1 saturated heterocycles. The molecule has 0 radical (unpaired) electrons. The number of hydrogen-bond donors (Lipinski definition) is 2. The highest BCUT2D eigenvalue weighted by molar-refractivity contribution is 5.47. The number of aliphatic hydroxyl groups excluding tert-OH is 2. The fourth-order valence-corrected chi connectivity index (χ4v) is 5.15. The van der Waals surface area contributed by atoms with Gasteiger partial charge in [-0.3, -0.25) is 4.90 Å². The van der Waals surface area contributed by atoms with Crippen LogP contribution in [-0.4, -0.2) is 52.7 Å². The van der Waals surface area contributed by atoms with E-state index < -0.39 is 11.7 Å². The zero-order valence-corrected chi connectivity index (χ0v) is 15.9. The van der Waals surface area contributed by atoms with Gasteiger partial charge in [-0.05, 0) is 36.8 Å². The summed E-state index contributed by atoms with van der Waals surface area (Å²) in [7, 11) is 3.95. The molecule has 2 N–H and O–H groups in total. The Morgan fingerprint density at radius 2 is 2.07 bits per heavy atom. The van der Waals surface area contributed by atoms with Gasteiger partial charge in [0.05, 0.1) is 24.3 Å². The molecule has 7 nitrogen and oxygen atoms in total. The molecule has 1 aromatic carbocycles. The van der Waals surface area contributed by atoms with Gasteiger partial charge < -0.3 is 24.2 Å². The van der Waals surface area contributed by atoms with Gasteiger partial charge in [0.15, 0.2) is 5.76 Å². The molecule has 5 rings (SSSR count). The molecule has 148 valence electrons. The summed E-state index contributed by atoms with van der Waals surface area (Å²) < 4.78 is 17.9. The summed E-state index contributed by atoms with van der Waals surface area (Å²) in [5.41, 5.74) is 1.29. The summed E-state index contributed by atoms with van der Waals surface area (Å²) >= 11 is 0. The van der Waals surface area contributed by atoms with Crippen LogP contribution in [0.4, 0.5) is 0 Å². The summed E-state index contributed by atoms with van der Waals surface area (Å²) in [5.74, 6) is 0.865. The van der Waals surface area contributed by atoms with Gasteiger partial charge in [-0.2, -0.15) is 0 Å². The van der Waals surface area contributed by atoms with Crippen LogP contribution < -0.4 is 4.74 Å². The Morgan fingerprint density at radius 1 is 1.29 bits per heavy atom. The van der Waals surface area contributed by atoms with Crippen molar-refractivity contribution in [1.82, 2.24) is 10.1 Å². The topological polar surface area (TPSA) is 88.2 Å². The molecule has 28 heavy (non-hydrogen) atoms. The van der Waals surface area contributed by atoms with E-state index in [0.717, 1.165) is 17.6 Å². The molecule has 1 fully saturated rings. The zero-order valence-electron chi connectivity index (χ0n) is 15.9. The van der Waals surface area contributed by atoms with Gasteiger partial charge in [-0.1, -0.05) is 36.4 Å². The molecule has 1 aliphatic carbocycles. The average Bonchev–Trinajstić information content (AvgIpc) is 3.38. The van der Waals surface area contributed by atoms with Gasteiger partial charge in [-0.15, -0.1) is 0 Å². The lowest BCUT2D eigenvalue weighted by Crippen LogP contribution is -2.52. The highest BCUT2D eigenvalue weighted by Crippen LogP contribution is 2.63. The third-order valence-corrected chi connectivity index (χ3v) is 6.27. The van der Waals surface area contributed by atoms with E-state index in [1.54, 1.807) is 0 Å². The molecule has 0 unspecified atom stereocenters. The standard InChI is InChI=1S/C21H24N2O5/c1-23(2)17-15-9-14-8-13(10-24)21(15,27-14)19(25)16-18(17)28-22-20(16)26-11-12-6-4-3-5-7-12/h3-8,14-15,17,19,24-25H,9-11H2,1-2H3/t14-,15+,17+,19+,21+/m1/s1. The third kappa shape index (κ3) is 2.34. The van der Waals surface area contributed by atoms with Crippen molar-refractivity contribution in [2.75, 3.05) is 20.7 Å². The molecule has 5 atom stereocenters. The molecule has 2 aromatic rings. The molecule has 0 saturated carbocycles. The van der Waals surface area contributed by atoms with Crippen LogP contribution in [0, 0.1) is 5.92 Å². The second-order valence-electron chi connectivity index (χ2n) is 7.99. The minimum Gasteiger partial charge on any atom is -0.470 e. The van der Waals surface area contributed by atoms with Gasteiger partial charge >= 0.3 is 0 Å². The number of aliphatic hydroxyl groups is 2. The molecule has 3 heterocycles.